The van der Waals surface area contributed by atoms with Crippen LogP contribution in [0.4, 0.5) is 4.39 Å². The van der Waals surface area contributed by atoms with Gasteiger partial charge in [-0.15, -0.1) is 0 Å². The number of aromatic nitrogens is 3. The molecule has 0 amide bonds. The molecule has 0 aliphatic carbocycles. The summed E-state index contributed by atoms with van der Waals surface area (Å²) in [6.45, 7) is 4.79. The Bertz CT molecular complexity index is 477. The largest absolute Gasteiger partial charge is 0.268 e. The van der Waals surface area contributed by atoms with E-state index in [9.17, 15) is 4.39 Å². The maximum Gasteiger partial charge on any atom is 0.141 e. The number of hydrogen-bond donors (Lipinski definition) is 0. The molecule has 2 aromatic heterocycles. The number of hydrogen-bond acceptors (Lipinski definition) is 2. The molecule has 0 saturated carbocycles. The normalized spacial score (nSPS) is 11.0. The van der Waals surface area contributed by atoms with Crippen LogP contribution in [0.15, 0.2) is 30.9 Å². The summed E-state index contributed by atoms with van der Waals surface area (Å²) in [6.07, 6.45) is 6.68. The minimum absolute atomic E-state index is 0.311. The first-order valence-electron chi connectivity index (χ1n) is 5.27. The molecule has 0 radical (unpaired) electrons. The summed E-state index contributed by atoms with van der Waals surface area (Å²) in [4.78, 5) is 3.81. The van der Waals surface area contributed by atoms with Crippen molar-refractivity contribution in [3.63, 3.8) is 0 Å². The van der Waals surface area contributed by atoms with Gasteiger partial charge in [0, 0.05) is 12.4 Å². The zero-order valence-electron chi connectivity index (χ0n) is 9.39. The maximum absolute atomic E-state index is 12.9. The van der Waals surface area contributed by atoms with Crippen molar-refractivity contribution in [1.29, 1.82) is 0 Å². The van der Waals surface area contributed by atoms with Gasteiger partial charge in [-0.2, -0.15) is 5.10 Å². The zero-order chi connectivity index (χ0) is 11.5. The molecule has 0 fully saturated rings. The van der Waals surface area contributed by atoms with Crippen molar-refractivity contribution >= 4 is 0 Å². The second-order valence-electron chi connectivity index (χ2n) is 4.14. The third-order valence-electron chi connectivity index (χ3n) is 2.43. The highest BCUT2D eigenvalue weighted by Crippen LogP contribution is 2.13. The fourth-order valence-electron chi connectivity index (χ4n) is 1.49. The Morgan fingerprint density at radius 3 is 2.75 bits per heavy atom. The van der Waals surface area contributed by atoms with Crippen LogP contribution < -0.4 is 0 Å². The highest BCUT2D eigenvalue weighted by Gasteiger charge is 2.03. The summed E-state index contributed by atoms with van der Waals surface area (Å²) in [5, 5.41) is 4.23. The molecule has 0 aliphatic heterocycles. The molecule has 0 atom stereocenters. The van der Waals surface area contributed by atoms with Gasteiger partial charge in [0.25, 0.3) is 0 Å². The van der Waals surface area contributed by atoms with Crippen molar-refractivity contribution in [2.24, 2.45) is 0 Å². The van der Waals surface area contributed by atoms with E-state index in [2.05, 4.69) is 23.9 Å². The highest BCUT2D eigenvalue weighted by atomic mass is 19.1. The van der Waals surface area contributed by atoms with Crippen molar-refractivity contribution < 1.29 is 4.39 Å². The van der Waals surface area contributed by atoms with Gasteiger partial charge in [0.2, 0.25) is 0 Å². The molecule has 2 rings (SSSR count). The first kappa shape index (κ1) is 10.8. The molecule has 3 nitrogen and oxygen atoms in total. The molecule has 0 aliphatic rings. The lowest BCUT2D eigenvalue weighted by Gasteiger charge is -2.01. The van der Waals surface area contributed by atoms with Gasteiger partial charge < -0.3 is 0 Å². The lowest BCUT2D eigenvalue weighted by molar-refractivity contribution is 0.611. The first-order valence-corrected chi connectivity index (χ1v) is 5.27. The SMILES string of the molecule is CC(C)c1cnn(Cc2cncc(F)c2)c1. The monoisotopic (exact) mass is 219 g/mol. The van der Waals surface area contributed by atoms with Crippen molar-refractivity contribution in [3.8, 4) is 0 Å². The van der Waals surface area contributed by atoms with E-state index in [-0.39, 0.29) is 5.82 Å². The van der Waals surface area contributed by atoms with Crippen molar-refractivity contribution in [1.82, 2.24) is 14.8 Å². The van der Waals surface area contributed by atoms with Crippen LogP contribution in [-0.4, -0.2) is 14.8 Å². The average molecular weight is 219 g/mol. The molecule has 0 unspecified atom stereocenters. The Balaban J connectivity index is 2.14. The van der Waals surface area contributed by atoms with Gasteiger partial charge in [-0.25, -0.2) is 4.39 Å². The average Bonchev–Trinajstić information content (AvgIpc) is 2.66. The standard InChI is InChI=1S/C12H14FN3/c1-9(2)11-5-15-16(8-11)7-10-3-12(13)6-14-4-10/h3-6,8-9H,7H2,1-2H3. The number of nitrogens with zero attached hydrogens (tertiary/aromatic N) is 3. The van der Waals surface area contributed by atoms with E-state index in [4.69, 9.17) is 0 Å². The molecule has 0 spiro atoms. The fraction of sp³-hybridized carbons (Fsp3) is 0.333. The Labute approximate surface area is 93.9 Å². The molecule has 0 bridgehead atoms. The van der Waals surface area contributed by atoms with E-state index in [0.717, 1.165) is 5.56 Å². The molecule has 16 heavy (non-hydrogen) atoms. The van der Waals surface area contributed by atoms with Crippen molar-refractivity contribution in [2.45, 2.75) is 26.3 Å². The second kappa shape index (κ2) is 4.43. The lowest BCUT2D eigenvalue weighted by atomic mass is 10.1. The van der Waals surface area contributed by atoms with Gasteiger partial charge in [0.1, 0.15) is 5.82 Å². The molecule has 0 N–H and O–H groups in total. The number of rotatable bonds is 3. The summed E-state index contributed by atoms with van der Waals surface area (Å²) in [5.74, 6) is 0.146. The molecule has 2 heterocycles. The van der Waals surface area contributed by atoms with Gasteiger partial charge in [-0.3, -0.25) is 9.67 Å². The minimum atomic E-state index is -0.311. The molecule has 4 heteroatoms. The van der Waals surface area contributed by atoms with Gasteiger partial charge >= 0.3 is 0 Å². The van der Waals surface area contributed by atoms with Crippen LogP contribution in [-0.2, 0) is 6.54 Å². The maximum atomic E-state index is 12.9. The molecule has 0 saturated heterocycles. The predicted octanol–water partition coefficient (Wildman–Crippen LogP) is 2.59. The lowest BCUT2D eigenvalue weighted by Crippen LogP contribution is -2.00. The van der Waals surface area contributed by atoms with Crippen molar-refractivity contribution in [3.05, 3.63) is 47.8 Å². The third-order valence-corrected chi connectivity index (χ3v) is 2.43. The molecular formula is C12H14FN3. The number of halogens is 1. The second-order valence-corrected chi connectivity index (χ2v) is 4.14. The van der Waals surface area contributed by atoms with Crippen LogP contribution in [0.25, 0.3) is 0 Å². The number of pyridine rings is 1. The van der Waals surface area contributed by atoms with E-state index in [1.54, 1.807) is 10.9 Å². The van der Waals surface area contributed by atoms with E-state index in [0.29, 0.717) is 12.5 Å². The van der Waals surface area contributed by atoms with E-state index >= 15 is 0 Å². The molecular weight excluding hydrogens is 205 g/mol. The summed E-state index contributed by atoms with van der Waals surface area (Å²) in [5.41, 5.74) is 2.00. The van der Waals surface area contributed by atoms with Crippen LogP contribution in [0.3, 0.4) is 0 Å². The quantitative estimate of drug-likeness (QED) is 0.794. The summed E-state index contributed by atoms with van der Waals surface area (Å²) in [7, 11) is 0. The van der Waals surface area contributed by atoms with Gasteiger partial charge in [-0.05, 0) is 23.1 Å². The Kier molecular flexibility index (Phi) is 2.99. The first-order chi connectivity index (χ1) is 7.65. The van der Waals surface area contributed by atoms with E-state index < -0.39 is 0 Å². The van der Waals surface area contributed by atoms with Crippen LogP contribution in [0, 0.1) is 5.82 Å². The summed E-state index contributed by atoms with van der Waals surface area (Å²) >= 11 is 0. The Morgan fingerprint density at radius 2 is 2.12 bits per heavy atom. The molecule has 0 aromatic carbocycles. The minimum Gasteiger partial charge on any atom is -0.268 e. The molecule has 84 valence electrons. The third kappa shape index (κ3) is 2.45. The van der Waals surface area contributed by atoms with Crippen LogP contribution in [0.1, 0.15) is 30.9 Å². The van der Waals surface area contributed by atoms with E-state index in [1.165, 1.54) is 17.8 Å². The zero-order valence-corrected chi connectivity index (χ0v) is 9.39. The highest BCUT2D eigenvalue weighted by molar-refractivity contribution is 5.13. The topological polar surface area (TPSA) is 30.7 Å². The van der Waals surface area contributed by atoms with Gasteiger partial charge in [0.05, 0.1) is 18.9 Å². The van der Waals surface area contributed by atoms with Crippen LogP contribution in [0.5, 0.6) is 0 Å². The Morgan fingerprint density at radius 1 is 1.31 bits per heavy atom. The predicted molar refractivity (Wildman–Crippen MR) is 59.6 cm³/mol. The fourth-order valence-corrected chi connectivity index (χ4v) is 1.49. The van der Waals surface area contributed by atoms with Gasteiger partial charge in [0.15, 0.2) is 0 Å². The Hall–Kier alpha value is -1.71. The summed E-state index contributed by atoms with van der Waals surface area (Å²) in [6, 6.07) is 1.48. The van der Waals surface area contributed by atoms with Crippen LogP contribution in [0.2, 0.25) is 0 Å². The van der Waals surface area contributed by atoms with Gasteiger partial charge in [-0.1, -0.05) is 13.8 Å². The molecule has 2 aromatic rings. The smallest absolute Gasteiger partial charge is 0.141 e. The van der Waals surface area contributed by atoms with Crippen LogP contribution >= 0.6 is 0 Å². The van der Waals surface area contributed by atoms with E-state index in [1.807, 2.05) is 12.4 Å². The van der Waals surface area contributed by atoms with Crippen molar-refractivity contribution in [2.75, 3.05) is 0 Å². The summed E-state index contributed by atoms with van der Waals surface area (Å²) < 4.78 is 14.7.